The van der Waals surface area contributed by atoms with Gasteiger partial charge in [-0.1, -0.05) is 59.6 Å². The van der Waals surface area contributed by atoms with Crippen molar-refractivity contribution >= 4 is 56.8 Å². The fraction of sp³-hybridized carbons (Fsp3) is 0.133. The number of carbonyl (C=O) groups excluding carboxylic acids is 2. The van der Waals surface area contributed by atoms with Crippen LogP contribution < -0.4 is 0 Å². The first-order chi connectivity index (χ1) is 19.1. The van der Waals surface area contributed by atoms with E-state index in [2.05, 4.69) is 9.97 Å². The molecule has 1 N–H and O–H groups in total. The molecule has 3 aromatic carbocycles. The maximum absolute atomic E-state index is 13.9. The number of imide groups is 1. The average Bonchev–Trinajstić information content (AvgIpc) is 3.18. The van der Waals surface area contributed by atoms with Crippen LogP contribution in [-0.2, 0) is 0 Å². The van der Waals surface area contributed by atoms with E-state index in [0.29, 0.717) is 33.0 Å². The number of carbonyl (C=O) groups is 2. The number of amides is 2. The summed E-state index contributed by atoms with van der Waals surface area (Å²) >= 11 is 12.1. The largest absolute Gasteiger partial charge is 0.389 e. The van der Waals surface area contributed by atoms with Crippen molar-refractivity contribution in [2.24, 2.45) is 0 Å². The molecule has 0 aliphatic carbocycles. The van der Waals surface area contributed by atoms with Gasteiger partial charge >= 0.3 is 0 Å². The van der Waals surface area contributed by atoms with Crippen LogP contribution >= 0.6 is 23.2 Å². The number of nitrogens with zero attached hydrogens (tertiary/aromatic N) is 3. The van der Waals surface area contributed by atoms with Crippen LogP contribution in [0.5, 0.6) is 0 Å². The smallest absolute Gasteiger partial charge is 0.262 e. The molecule has 5 aromatic rings. The van der Waals surface area contributed by atoms with Gasteiger partial charge in [-0.2, -0.15) is 0 Å². The van der Waals surface area contributed by atoms with Gasteiger partial charge in [-0.25, -0.2) is 18.7 Å². The molecule has 1 aliphatic heterocycles. The molecule has 0 saturated heterocycles. The van der Waals surface area contributed by atoms with Gasteiger partial charge in [0.05, 0.1) is 23.3 Å². The Kier molecular flexibility index (Phi) is 7.51. The molecule has 2 aromatic heterocycles. The minimum Gasteiger partial charge on any atom is -0.389 e. The summed E-state index contributed by atoms with van der Waals surface area (Å²) in [5.41, 5.74) is 2.13. The lowest BCUT2D eigenvalue weighted by Gasteiger charge is -2.23. The van der Waals surface area contributed by atoms with Crippen molar-refractivity contribution in [2.45, 2.75) is 26.0 Å². The van der Waals surface area contributed by atoms with Gasteiger partial charge in [0.25, 0.3) is 11.8 Å². The summed E-state index contributed by atoms with van der Waals surface area (Å²) in [5, 5.41) is 10.8. The van der Waals surface area contributed by atoms with Crippen LogP contribution in [0.15, 0.2) is 72.8 Å². The Bertz CT molecular complexity index is 1780. The molecule has 1 aliphatic rings. The van der Waals surface area contributed by atoms with Gasteiger partial charge in [-0.15, -0.1) is 0 Å². The minimum absolute atomic E-state index is 0.0710. The number of aliphatic hydroxyl groups is 1. The number of aliphatic hydroxyl groups excluding tert-OH is 1. The fourth-order valence-electron chi connectivity index (χ4n) is 4.60. The maximum atomic E-state index is 13.9. The summed E-state index contributed by atoms with van der Waals surface area (Å²) < 4.78 is 27.2. The van der Waals surface area contributed by atoms with Crippen LogP contribution in [0.1, 0.15) is 57.8 Å². The number of pyridine rings is 2. The summed E-state index contributed by atoms with van der Waals surface area (Å²) in [5.74, 6) is -1.63. The SMILES string of the molecule is C[C@@H](O)c1cc2cccc(F)c2nc1Cl.C[C@@H](c1cc2cccc(F)c2nc1Cl)N1C(=O)c2ccccc2C1=O. The molecule has 2 amide bonds. The van der Waals surface area contributed by atoms with Crippen molar-refractivity contribution in [1.29, 1.82) is 0 Å². The lowest BCUT2D eigenvalue weighted by atomic mass is 10.1. The van der Waals surface area contributed by atoms with Crippen LogP contribution in [0.4, 0.5) is 8.78 Å². The molecule has 40 heavy (non-hydrogen) atoms. The third-order valence-electron chi connectivity index (χ3n) is 6.67. The molecule has 0 unspecified atom stereocenters. The molecule has 2 atom stereocenters. The number of fused-ring (bicyclic) bond motifs is 3. The van der Waals surface area contributed by atoms with Crippen molar-refractivity contribution in [1.82, 2.24) is 14.9 Å². The van der Waals surface area contributed by atoms with Gasteiger partial charge in [-0.05, 0) is 50.2 Å². The molecule has 0 spiro atoms. The second kappa shape index (κ2) is 10.9. The monoisotopic (exact) mass is 579 g/mol. The summed E-state index contributed by atoms with van der Waals surface area (Å²) in [7, 11) is 0. The zero-order chi connectivity index (χ0) is 28.7. The van der Waals surface area contributed by atoms with Crippen molar-refractivity contribution in [3.05, 3.63) is 117 Å². The first kappa shape index (κ1) is 27.6. The van der Waals surface area contributed by atoms with Crippen molar-refractivity contribution < 1.29 is 23.5 Å². The molecule has 6 nitrogen and oxygen atoms in total. The van der Waals surface area contributed by atoms with Gasteiger partial charge in [0, 0.05) is 21.9 Å². The molecule has 10 heteroatoms. The van der Waals surface area contributed by atoms with E-state index in [1.807, 2.05) is 0 Å². The van der Waals surface area contributed by atoms with Gasteiger partial charge in [-0.3, -0.25) is 14.5 Å². The number of benzene rings is 3. The van der Waals surface area contributed by atoms with Gasteiger partial charge in [0.2, 0.25) is 0 Å². The number of hydrogen-bond donors (Lipinski definition) is 1. The average molecular weight is 580 g/mol. The van der Waals surface area contributed by atoms with E-state index in [9.17, 15) is 23.5 Å². The standard InChI is InChI=1S/C19H12ClFN2O2.C11H9ClFNO/c1-10(23-18(24)12-6-2-3-7-13(12)19(23)25)14-9-11-5-4-8-15(21)16(11)22-17(14)20;1-6(15)8-5-7-3-2-4-9(13)10(7)14-11(8)12/h2-10H,1H3;2-6,15H,1H3/t10-;6-/m01/s1. The van der Waals surface area contributed by atoms with E-state index in [1.165, 1.54) is 17.0 Å². The van der Waals surface area contributed by atoms with Gasteiger partial charge in [0.1, 0.15) is 33.0 Å². The van der Waals surface area contributed by atoms with Crippen molar-refractivity contribution in [3.63, 3.8) is 0 Å². The molecule has 0 radical (unpaired) electrons. The number of halogens is 4. The predicted octanol–water partition coefficient (Wildman–Crippen LogP) is 7.47. The molecular formula is C30H21Cl2F2N3O3. The van der Waals surface area contributed by atoms with E-state index in [-0.39, 0.29) is 33.2 Å². The highest BCUT2D eigenvalue weighted by Crippen LogP contribution is 2.35. The highest BCUT2D eigenvalue weighted by Gasteiger charge is 2.39. The summed E-state index contributed by atoms with van der Waals surface area (Å²) in [6.07, 6.45) is -0.710. The van der Waals surface area contributed by atoms with E-state index in [0.717, 1.165) is 0 Å². The number of aromatic nitrogens is 2. The van der Waals surface area contributed by atoms with E-state index in [1.54, 1.807) is 74.5 Å². The van der Waals surface area contributed by atoms with Crippen LogP contribution in [0.25, 0.3) is 21.8 Å². The number of rotatable bonds is 3. The van der Waals surface area contributed by atoms with Gasteiger partial charge < -0.3 is 5.11 Å². The maximum Gasteiger partial charge on any atom is 0.262 e. The third-order valence-corrected chi connectivity index (χ3v) is 7.27. The number of para-hydroxylation sites is 2. The highest BCUT2D eigenvalue weighted by molar-refractivity contribution is 6.31. The quantitative estimate of drug-likeness (QED) is 0.177. The topological polar surface area (TPSA) is 83.4 Å². The van der Waals surface area contributed by atoms with Gasteiger partial charge in [0.15, 0.2) is 0 Å². The Morgan fingerprint density at radius 3 is 1.65 bits per heavy atom. The van der Waals surface area contributed by atoms with Crippen LogP contribution in [0.2, 0.25) is 10.3 Å². The molecule has 202 valence electrons. The fourth-order valence-corrected chi connectivity index (χ4v) is 5.19. The third kappa shape index (κ3) is 4.90. The zero-order valence-corrected chi connectivity index (χ0v) is 22.7. The Balaban J connectivity index is 0.000000184. The van der Waals surface area contributed by atoms with Crippen molar-refractivity contribution in [3.8, 4) is 0 Å². The molecular weight excluding hydrogens is 559 g/mol. The molecule has 3 heterocycles. The predicted molar refractivity (Wildman–Crippen MR) is 149 cm³/mol. The highest BCUT2D eigenvalue weighted by atomic mass is 35.5. The van der Waals surface area contributed by atoms with Crippen LogP contribution in [0, 0.1) is 11.6 Å². The van der Waals surface area contributed by atoms with Crippen molar-refractivity contribution in [2.75, 3.05) is 0 Å². The second-order valence-electron chi connectivity index (χ2n) is 9.24. The normalized spacial score (nSPS) is 14.2. The van der Waals surface area contributed by atoms with E-state index >= 15 is 0 Å². The Labute approximate surface area is 237 Å². The first-order valence-electron chi connectivity index (χ1n) is 12.2. The molecule has 0 saturated carbocycles. The molecule has 6 rings (SSSR count). The lowest BCUT2D eigenvalue weighted by Crippen LogP contribution is -2.32. The van der Waals surface area contributed by atoms with Crippen LogP contribution in [-0.4, -0.2) is 31.8 Å². The minimum atomic E-state index is -0.710. The Morgan fingerprint density at radius 1 is 0.725 bits per heavy atom. The second-order valence-corrected chi connectivity index (χ2v) is 9.95. The Morgan fingerprint density at radius 2 is 1.18 bits per heavy atom. The number of hydrogen-bond acceptors (Lipinski definition) is 5. The van der Waals surface area contributed by atoms with E-state index in [4.69, 9.17) is 23.2 Å². The Hall–Kier alpha value is -3.98. The zero-order valence-electron chi connectivity index (χ0n) is 21.2. The van der Waals surface area contributed by atoms with Crippen LogP contribution in [0.3, 0.4) is 0 Å². The molecule has 0 bridgehead atoms. The molecule has 0 fully saturated rings. The lowest BCUT2D eigenvalue weighted by molar-refractivity contribution is 0.0595. The first-order valence-corrected chi connectivity index (χ1v) is 13.0. The summed E-state index contributed by atoms with van der Waals surface area (Å²) in [6, 6.07) is 18.6. The van der Waals surface area contributed by atoms with E-state index < -0.39 is 23.8 Å². The summed E-state index contributed by atoms with van der Waals surface area (Å²) in [6.45, 7) is 3.30. The summed E-state index contributed by atoms with van der Waals surface area (Å²) in [4.78, 5) is 34.5.